The van der Waals surface area contributed by atoms with Gasteiger partial charge in [0.2, 0.25) is 0 Å². The van der Waals surface area contributed by atoms with Gasteiger partial charge in [-0.05, 0) is 45.6 Å². The lowest BCUT2D eigenvalue weighted by atomic mass is 9.59. The zero-order valence-electron chi connectivity index (χ0n) is 18.1. The maximum absolute atomic E-state index is 3.80. The molecule has 0 fully saturated rings. The van der Waals surface area contributed by atoms with Crippen molar-refractivity contribution in [2.45, 2.75) is 52.4 Å². The topological polar surface area (TPSA) is 31.6 Å². The fraction of sp³-hybridized carbons (Fsp3) is 0.333. The second kappa shape index (κ2) is 4.87. The highest BCUT2D eigenvalue weighted by atomic mass is 14.8. The molecular formula is C27H28N2. The van der Waals surface area contributed by atoms with Crippen LogP contribution in [-0.4, -0.2) is 9.97 Å². The van der Waals surface area contributed by atoms with Crippen LogP contribution in [0.5, 0.6) is 0 Å². The van der Waals surface area contributed by atoms with Crippen LogP contribution in [-0.2, 0) is 10.8 Å². The molecule has 2 aromatic heterocycles. The van der Waals surface area contributed by atoms with Crippen molar-refractivity contribution in [1.82, 2.24) is 9.97 Å². The van der Waals surface area contributed by atoms with Gasteiger partial charge in [0.1, 0.15) is 0 Å². The Morgan fingerprint density at radius 3 is 2.07 bits per heavy atom. The van der Waals surface area contributed by atoms with Crippen LogP contribution in [0, 0.1) is 5.41 Å². The summed E-state index contributed by atoms with van der Waals surface area (Å²) < 4.78 is 0. The van der Waals surface area contributed by atoms with Gasteiger partial charge >= 0.3 is 0 Å². The zero-order chi connectivity index (χ0) is 20.3. The molecule has 0 atom stereocenters. The molecule has 2 heteroatoms. The summed E-state index contributed by atoms with van der Waals surface area (Å²) in [5.41, 5.74) is 8.27. The first-order valence-corrected chi connectivity index (χ1v) is 10.6. The van der Waals surface area contributed by atoms with Crippen LogP contribution in [0.2, 0.25) is 0 Å². The maximum Gasteiger partial charge on any atom is 0.0566 e. The summed E-state index contributed by atoms with van der Waals surface area (Å²) in [7, 11) is 0. The Bertz CT molecular complexity index is 1470. The Kier molecular flexibility index (Phi) is 2.88. The molecule has 2 N–H and O–H groups in total. The molecule has 6 rings (SSSR count). The van der Waals surface area contributed by atoms with Crippen molar-refractivity contribution in [3.05, 3.63) is 59.7 Å². The van der Waals surface area contributed by atoms with Crippen LogP contribution in [0.15, 0.2) is 48.5 Å². The van der Waals surface area contributed by atoms with Gasteiger partial charge in [0, 0.05) is 38.1 Å². The molecule has 1 aliphatic rings. The number of fused-ring (bicyclic) bond motifs is 9. The molecular weight excluding hydrogens is 352 g/mol. The van der Waals surface area contributed by atoms with Gasteiger partial charge in [-0.3, -0.25) is 0 Å². The van der Waals surface area contributed by atoms with Crippen LogP contribution >= 0.6 is 0 Å². The van der Waals surface area contributed by atoms with Crippen LogP contribution in [0.3, 0.4) is 0 Å². The lowest BCUT2D eigenvalue weighted by molar-refractivity contribution is 0.125. The third-order valence-corrected chi connectivity index (χ3v) is 8.83. The second-order valence-electron chi connectivity index (χ2n) is 10.5. The molecule has 0 unspecified atom stereocenters. The molecule has 3 aromatic carbocycles. The van der Waals surface area contributed by atoms with Crippen molar-refractivity contribution in [3.63, 3.8) is 0 Å². The van der Waals surface area contributed by atoms with Gasteiger partial charge in [0.25, 0.3) is 0 Å². The Morgan fingerprint density at radius 1 is 0.586 bits per heavy atom. The van der Waals surface area contributed by atoms with Gasteiger partial charge in [-0.1, -0.05) is 71.9 Å². The number of hydrogen-bond donors (Lipinski definition) is 2. The second-order valence-corrected chi connectivity index (χ2v) is 10.5. The minimum atomic E-state index is 0.0790. The van der Waals surface area contributed by atoms with E-state index in [1.165, 1.54) is 54.7 Å². The van der Waals surface area contributed by atoms with Crippen LogP contribution in [0.1, 0.15) is 52.7 Å². The first kappa shape index (κ1) is 17.1. The summed E-state index contributed by atoms with van der Waals surface area (Å²) in [5.74, 6) is 0. The van der Waals surface area contributed by atoms with Crippen molar-refractivity contribution in [1.29, 1.82) is 0 Å². The summed E-state index contributed by atoms with van der Waals surface area (Å²) in [5, 5.41) is 5.35. The number of aromatic amines is 2. The third kappa shape index (κ3) is 1.75. The van der Waals surface area contributed by atoms with Gasteiger partial charge in [-0.2, -0.15) is 0 Å². The number of hydrogen-bond acceptors (Lipinski definition) is 0. The van der Waals surface area contributed by atoms with Gasteiger partial charge in [-0.15, -0.1) is 0 Å². The van der Waals surface area contributed by atoms with E-state index in [0.717, 1.165) is 0 Å². The Balaban J connectivity index is 1.85. The van der Waals surface area contributed by atoms with E-state index in [1.54, 1.807) is 0 Å². The van der Waals surface area contributed by atoms with E-state index in [4.69, 9.17) is 0 Å². The Morgan fingerprint density at radius 2 is 1.28 bits per heavy atom. The summed E-state index contributed by atoms with van der Waals surface area (Å²) in [4.78, 5) is 7.39. The molecule has 0 bridgehead atoms. The zero-order valence-corrected chi connectivity index (χ0v) is 18.1. The summed E-state index contributed by atoms with van der Waals surface area (Å²) in [6.07, 6.45) is 0. The highest BCUT2D eigenvalue weighted by Gasteiger charge is 2.57. The molecule has 0 aliphatic heterocycles. The van der Waals surface area contributed by atoms with Gasteiger partial charge in [0.15, 0.2) is 0 Å². The highest BCUT2D eigenvalue weighted by molar-refractivity contribution is 6.25. The van der Waals surface area contributed by atoms with Gasteiger partial charge < -0.3 is 9.97 Å². The predicted octanol–water partition coefficient (Wildman–Crippen LogP) is 7.55. The molecule has 146 valence electrons. The molecule has 0 amide bonds. The van der Waals surface area contributed by atoms with E-state index in [1.807, 2.05) is 0 Å². The van der Waals surface area contributed by atoms with E-state index in [2.05, 4.69) is 100 Å². The number of aromatic nitrogens is 2. The number of rotatable bonds is 0. The molecule has 2 nitrogen and oxygen atoms in total. The monoisotopic (exact) mass is 380 g/mol. The summed E-state index contributed by atoms with van der Waals surface area (Å²) in [6.45, 7) is 14.6. The predicted molar refractivity (Wildman–Crippen MR) is 125 cm³/mol. The molecule has 1 aliphatic carbocycles. The number of benzene rings is 3. The van der Waals surface area contributed by atoms with E-state index in [9.17, 15) is 0 Å². The Labute approximate surface area is 171 Å². The fourth-order valence-corrected chi connectivity index (χ4v) is 6.00. The molecule has 5 aromatic rings. The minimum absolute atomic E-state index is 0.0790. The van der Waals surface area contributed by atoms with Crippen LogP contribution in [0.25, 0.3) is 43.6 Å². The van der Waals surface area contributed by atoms with Crippen molar-refractivity contribution in [2.75, 3.05) is 0 Å². The smallest absolute Gasteiger partial charge is 0.0566 e. The largest absolute Gasteiger partial charge is 0.354 e. The first-order valence-electron chi connectivity index (χ1n) is 10.6. The lowest BCUT2D eigenvalue weighted by Gasteiger charge is -2.44. The SMILES string of the molecule is CC1(C)c2ccc3[nH]c4c(ccc5[nH]c6ccccc6c54)c3c2C(C)(C)C1(C)C. The average Bonchev–Trinajstić information content (AvgIpc) is 3.26. The average molecular weight is 381 g/mol. The van der Waals surface area contributed by atoms with E-state index < -0.39 is 0 Å². The van der Waals surface area contributed by atoms with E-state index in [-0.39, 0.29) is 16.2 Å². The third-order valence-electron chi connectivity index (χ3n) is 8.83. The number of H-pyrrole nitrogens is 2. The molecule has 0 saturated heterocycles. The highest BCUT2D eigenvalue weighted by Crippen LogP contribution is 2.63. The quantitative estimate of drug-likeness (QED) is 0.278. The van der Waals surface area contributed by atoms with Gasteiger partial charge in [0.05, 0.1) is 5.52 Å². The standard InChI is InChI=1S/C27H28N2/c1-25(2)17-12-14-19-21(23(17)26(3,4)27(25,5)6)16-11-13-20-22(24(16)29-19)15-9-7-8-10-18(15)28-20/h7-14,28-29H,1-6H3. The van der Waals surface area contributed by atoms with E-state index >= 15 is 0 Å². The van der Waals surface area contributed by atoms with Crippen molar-refractivity contribution >= 4 is 43.6 Å². The number of para-hydroxylation sites is 1. The first-order chi connectivity index (χ1) is 13.7. The minimum Gasteiger partial charge on any atom is -0.354 e. The normalized spacial score (nSPS) is 19.5. The lowest BCUT2D eigenvalue weighted by Crippen LogP contribution is -2.42. The van der Waals surface area contributed by atoms with Crippen molar-refractivity contribution < 1.29 is 0 Å². The summed E-state index contributed by atoms with van der Waals surface area (Å²) in [6, 6.07) is 17.8. The molecule has 0 saturated carbocycles. The van der Waals surface area contributed by atoms with E-state index in [0.29, 0.717) is 0 Å². The summed E-state index contributed by atoms with van der Waals surface area (Å²) >= 11 is 0. The maximum atomic E-state index is 3.80. The van der Waals surface area contributed by atoms with Crippen molar-refractivity contribution in [2.24, 2.45) is 5.41 Å². The molecule has 0 spiro atoms. The van der Waals surface area contributed by atoms with Crippen molar-refractivity contribution in [3.8, 4) is 0 Å². The molecule has 0 radical (unpaired) electrons. The molecule has 2 heterocycles. The number of nitrogens with one attached hydrogen (secondary N) is 2. The molecule has 29 heavy (non-hydrogen) atoms. The fourth-order valence-electron chi connectivity index (χ4n) is 6.00. The Hall–Kier alpha value is -2.74. The van der Waals surface area contributed by atoms with Crippen LogP contribution < -0.4 is 0 Å². The van der Waals surface area contributed by atoms with Crippen LogP contribution in [0.4, 0.5) is 0 Å². The van der Waals surface area contributed by atoms with Gasteiger partial charge in [-0.25, -0.2) is 0 Å².